The number of aryl methyl sites for hydroxylation is 2. The van der Waals surface area contributed by atoms with Gasteiger partial charge in [-0.25, -0.2) is 30.3 Å². The molecule has 12 nitrogen and oxygen atoms in total. The van der Waals surface area contributed by atoms with Gasteiger partial charge in [0.15, 0.2) is 0 Å². The van der Waals surface area contributed by atoms with Crippen molar-refractivity contribution in [2.75, 3.05) is 55.0 Å². The van der Waals surface area contributed by atoms with Crippen molar-refractivity contribution in [2.24, 2.45) is 5.41 Å². The van der Waals surface area contributed by atoms with Crippen molar-refractivity contribution in [3.8, 4) is 62.7 Å². The average Bonchev–Trinajstić information content (AvgIpc) is 0.691. The minimum absolute atomic E-state index is 0.0286. The second kappa shape index (κ2) is 41.3. The van der Waals surface area contributed by atoms with E-state index in [1.807, 2.05) is 75.7 Å². The van der Waals surface area contributed by atoms with Crippen LogP contribution < -0.4 is 14.7 Å². The number of nitrogens with zero attached hydrogens (tertiary/aromatic N) is 9. The van der Waals surface area contributed by atoms with Crippen molar-refractivity contribution < 1.29 is 14.2 Å². The summed E-state index contributed by atoms with van der Waals surface area (Å²) >= 11 is 0. The van der Waals surface area contributed by atoms with Gasteiger partial charge in [-0.2, -0.15) is 0 Å². The number of benzene rings is 11. The summed E-state index contributed by atoms with van der Waals surface area (Å²) in [7, 11) is 4.04. The molecule has 11 aromatic rings. The van der Waals surface area contributed by atoms with E-state index in [4.69, 9.17) is 39.2 Å². The van der Waals surface area contributed by atoms with Crippen LogP contribution in [0.1, 0.15) is 252 Å². The minimum Gasteiger partial charge on any atom is -0.462 e. The van der Waals surface area contributed by atoms with Gasteiger partial charge in [0.05, 0.1) is 37.9 Å². The molecule has 0 unspecified atom stereocenters. The first-order valence-corrected chi connectivity index (χ1v) is 50.9. The normalized spacial score (nSPS) is 17.2. The standard InChI is InChI=1S/C58H60.C28H31N3O.C27H29N3O.C20H19N3O/c1-55(2,3)41-27-23-39(24-28-41)49-45-33-31-43(57(7,8)9)35-47(45)52(38-21-17-14-18-22-38)54-50(40-25-29-42(30-26-40)56(4,5)6)46-34-32-44(58(10,11)12)36-48(46)51(53(49)54)37-19-15-13-16-20-37;1-27(2,3)25-17-21(24(18-29)30-6)16-22(32-25)10-9-19-14-20-8-7-12-31-13-11-28(4,5)23(15-19)26(20)31;1-18-13-20(24(17-28)29-6)16-21(31-18)8-7-19-14-22-25-23(15-19)27(4,5)10-12-30(25)11-9-26(22,2)3;1-14-10-16(7-9-20(14)23(4)5)6-8-18-12-17(11-15(2)24-18)19(13-21)22-3/h13-36H,1-12H3;9-10,14-17H,7-8,11-13H2,1-5H3;7-8,13-16H,9-12H2,1-5H3;6-12H,1-2,4-5H3/b;10-9+,24-21+;8-7+,24-20-;8-6+,19-17-. The molecule has 0 aliphatic carbocycles. The second-order valence-electron chi connectivity index (χ2n) is 46.9. The third-order valence-corrected chi connectivity index (χ3v) is 29.3. The first kappa shape index (κ1) is 104. The largest absolute Gasteiger partial charge is 0.462 e. The summed E-state index contributed by atoms with van der Waals surface area (Å²) in [6.45, 7) is 80.0. The second-order valence-corrected chi connectivity index (χ2v) is 46.9. The zero-order valence-electron chi connectivity index (χ0n) is 89.9. The van der Waals surface area contributed by atoms with Gasteiger partial charge in [0.25, 0.3) is 17.1 Å². The van der Waals surface area contributed by atoms with Gasteiger partial charge in [0, 0.05) is 62.8 Å². The summed E-state index contributed by atoms with van der Waals surface area (Å²) in [6.07, 6.45) is 28.2. The molecule has 0 N–H and O–H groups in total. The van der Waals surface area contributed by atoms with E-state index in [1.54, 1.807) is 37.3 Å². The van der Waals surface area contributed by atoms with Crippen LogP contribution in [0, 0.1) is 66.0 Å². The van der Waals surface area contributed by atoms with Crippen LogP contribution in [0.4, 0.5) is 17.1 Å². The third kappa shape index (κ3) is 22.6. The molecule has 734 valence electrons. The monoisotopic (exact) mass is 1910 g/mol. The Hall–Kier alpha value is -15.2. The maximum Gasteiger partial charge on any atom is 0.269 e. The average molecular weight is 1910 g/mol. The lowest BCUT2D eigenvalue weighted by Gasteiger charge is -2.48. The molecule has 0 saturated carbocycles. The molecular formula is C133H139N9O3. The number of rotatable bonds is 11. The van der Waals surface area contributed by atoms with Gasteiger partial charge in [-0.05, 0) is 354 Å². The predicted molar refractivity (Wildman–Crippen MR) is 607 cm³/mol. The van der Waals surface area contributed by atoms with Crippen molar-refractivity contribution in [2.45, 2.75) is 236 Å². The SMILES string of the molecule is CC(C)(C)c1ccc(-c2c3ccc(C(C)(C)C)cc3c(-c3ccccc3)c3c(-c4ccc(C(C)(C)C)cc4)c4ccc(C(C)(C)C)cc4c(-c4ccccc4)c23)cc1.[C-]#[N+]/C(C#N)=C1/C=C(C)OC(/C=C/c2cc3c4c(c2)C(C)(C)CCN4CCC3(C)C)=C1.[C-]#[N+]/C(C#N)=C1/C=C(C)OC(/C=C/c2ccc(N(C)C)c(C)c2)=C1.[C-]#[N+]/C(C#N)=C1C=C(/C=C/c2cc3c4c(c2)C(C)(C)CCN4CCC3)OC(C(C)(C)C)=C\1. The molecule has 0 spiro atoms. The number of fused-ring (bicyclic) bond motifs is 3. The zero-order chi connectivity index (χ0) is 105. The zero-order valence-corrected chi connectivity index (χ0v) is 89.9. The number of hydrogen-bond acceptors (Lipinski definition) is 9. The van der Waals surface area contributed by atoms with Crippen LogP contribution in [-0.4, -0.2) is 40.3 Å². The van der Waals surface area contributed by atoms with Crippen LogP contribution in [0.15, 0.2) is 311 Å². The Morgan fingerprint density at radius 1 is 0.366 bits per heavy atom. The highest BCUT2D eigenvalue weighted by Gasteiger charge is 2.41. The van der Waals surface area contributed by atoms with Gasteiger partial charge < -0.3 is 28.9 Å². The summed E-state index contributed by atoms with van der Waals surface area (Å²) in [5.74, 6) is 3.97. The van der Waals surface area contributed by atoms with Crippen LogP contribution in [0.3, 0.4) is 0 Å². The Morgan fingerprint density at radius 3 is 1.09 bits per heavy atom. The summed E-state index contributed by atoms with van der Waals surface area (Å²) < 4.78 is 17.6. The molecule has 7 heterocycles. The van der Waals surface area contributed by atoms with Gasteiger partial charge in [-0.1, -0.05) is 303 Å². The van der Waals surface area contributed by atoms with E-state index in [0.29, 0.717) is 45.5 Å². The molecule has 0 saturated heterocycles. The van der Waals surface area contributed by atoms with Crippen LogP contribution in [0.2, 0.25) is 0 Å². The predicted octanol–water partition coefficient (Wildman–Crippen LogP) is 34.7. The minimum atomic E-state index is -0.231. The van der Waals surface area contributed by atoms with Crippen molar-refractivity contribution in [3.05, 3.63) is 412 Å². The molecule has 0 bridgehead atoms. The maximum absolute atomic E-state index is 9.36. The van der Waals surface area contributed by atoms with Crippen LogP contribution in [-0.2, 0) is 58.5 Å². The summed E-state index contributed by atoms with van der Waals surface area (Å²) in [4.78, 5) is 17.2. The molecule has 0 aromatic heterocycles. The fourth-order valence-corrected chi connectivity index (χ4v) is 20.8. The van der Waals surface area contributed by atoms with Gasteiger partial charge in [0.2, 0.25) is 0 Å². The molecule has 12 heteroatoms. The molecule has 7 aliphatic heterocycles. The number of allylic oxidation sites excluding steroid dienone is 18. The number of hydrogen-bond donors (Lipinski definition) is 0. The lowest BCUT2D eigenvalue weighted by atomic mass is 9.69. The summed E-state index contributed by atoms with van der Waals surface area (Å²) in [5, 5.41) is 35.3. The Bertz CT molecular complexity index is 7380. The molecule has 145 heavy (non-hydrogen) atoms. The van der Waals surface area contributed by atoms with Gasteiger partial charge in [0.1, 0.15) is 34.6 Å². The van der Waals surface area contributed by atoms with E-state index in [9.17, 15) is 10.5 Å². The molecule has 0 atom stereocenters. The molecule has 11 aromatic carbocycles. The van der Waals surface area contributed by atoms with Crippen molar-refractivity contribution >= 4 is 67.6 Å². The van der Waals surface area contributed by atoms with E-state index >= 15 is 0 Å². The summed E-state index contributed by atoms with van der Waals surface area (Å²) in [6, 6.07) is 77.3. The molecular weight excluding hydrogens is 1770 g/mol. The number of nitriles is 3. The Kier molecular flexibility index (Phi) is 29.6. The highest BCUT2D eigenvalue weighted by Crippen LogP contribution is 2.57. The first-order chi connectivity index (χ1) is 68.5. The quantitative estimate of drug-likeness (QED) is 0.0708. The maximum atomic E-state index is 9.36. The van der Waals surface area contributed by atoms with Crippen LogP contribution in [0.5, 0.6) is 0 Å². The molecule has 18 rings (SSSR count). The van der Waals surface area contributed by atoms with Crippen molar-refractivity contribution in [3.63, 3.8) is 0 Å². The van der Waals surface area contributed by atoms with E-state index in [0.717, 1.165) is 62.3 Å². The van der Waals surface area contributed by atoms with E-state index in [1.165, 1.54) is 162 Å². The summed E-state index contributed by atoms with van der Waals surface area (Å²) in [5.41, 5.74) is 32.1. The number of ether oxygens (including phenoxy) is 3. The highest BCUT2D eigenvalue weighted by molar-refractivity contribution is 6.34. The van der Waals surface area contributed by atoms with Crippen LogP contribution in [0.25, 0.3) is 110 Å². The van der Waals surface area contributed by atoms with Gasteiger partial charge in [-0.3, -0.25) is 0 Å². The van der Waals surface area contributed by atoms with E-state index < -0.39 is 0 Å². The fourth-order valence-electron chi connectivity index (χ4n) is 20.8. The smallest absolute Gasteiger partial charge is 0.269 e. The van der Waals surface area contributed by atoms with Crippen molar-refractivity contribution in [1.29, 1.82) is 15.8 Å². The molecule has 0 radical (unpaired) electrons. The van der Waals surface area contributed by atoms with E-state index in [2.05, 4.69) is 376 Å². The fraction of sp³-hybridized carbons (Fsp3) is 0.323. The van der Waals surface area contributed by atoms with Crippen molar-refractivity contribution in [1.82, 2.24) is 0 Å². The Balaban J connectivity index is 0.000000155. The van der Waals surface area contributed by atoms with Gasteiger partial charge >= 0.3 is 0 Å². The first-order valence-electron chi connectivity index (χ1n) is 50.9. The third-order valence-electron chi connectivity index (χ3n) is 29.3. The topological polar surface area (TPSA) is 122 Å². The molecule has 7 aliphatic rings. The van der Waals surface area contributed by atoms with Gasteiger partial charge in [-0.15, -0.1) is 0 Å². The Labute approximate surface area is 863 Å². The Morgan fingerprint density at radius 2 is 0.717 bits per heavy atom. The molecule has 0 amide bonds. The highest BCUT2D eigenvalue weighted by atomic mass is 16.5. The molecule has 0 fully saturated rings. The van der Waals surface area contributed by atoms with E-state index in [-0.39, 0.29) is 60.4 Å². The van der Waals surface area contributed by atoms with Crippen LogP contribution >= 0.6 is 0 Å². The number of anilines is 3. The lowest BCUT2D eigenvalue weighted by molar-refractivity contribution is 0.223. The lowest BCUT2D eigenvalue weighted by Crippen LogP contribution is -2.44.